The third kappa shape index (κ3) is 3.19. The van der Waals surface area contributed by atoms with Crippen molar-refractivity contribution >= 4 is 17.7 Å². The van der Waals surface area contributed by atoms with E-state index in [0.717, 1.165) is 16.9 Å². The van der Waals surface area contributed by atoms with E-state index in [1.165, 1.54) is 20.2 Å². The molecule has 18 heavy (non-hydrogen) atoms. The number of rotatable bonds is 2. The van der Waals surface area contributed by atoms with Gasteiger partial charge in [-0.1, -0.05) is 13.0 Å². The zero-order chi connectivity index (χ0) is 13.7. The Morgan fingerprint density at radius 3 is 2.56 bits per heavy atom. The maximum absolute atomic E-state index is 13.5. The summed E-state index contributed by atoms with van der Waals surface area (Å²) in [4.78, 5) is 23.7. The zero-order valence-corrected chi connectivity index (χ0v) is 10.6. The molecule has 0 aliphatic carbocycles. The van der Waals surface area contributed by atoms with Crippen molar-refractivity contribution < 1.29 is 14.0 Å². The number of amides is 4. The number of anilines is 1. The molecule has 0 saturated heterocycles. The Bertz CT molecular complexity index is 463. The molecule has 4 amide bonds. The number of carbonyl (C=O) groups is 2. The number of aryl methyl sites for hydroxylation is 1. The number of urea groups is 2. The molecular weight excluding hydrogens is 237 g/mol. The second-order valence-electron chi connectivity index (χ2n) is 3.71. The first-order valence-corrected chi connectivity index (χ1v) is 5.54. The van der Waals surface area contributed by atoms with Gasteiger partial charge in [-0.25, -0.2) is 18.9 Å². The van der Waals surface area contributed by atoms with Crippen molar-refractivity contribution in [2.45, 2.75) is 13.3 Å². The van der Waals surface area contributed by atoms with Gasteiger partial charge in [-0.3, -0.25) is 0 Å². The molecule has 0 spiro atoms. The van der Waals surface area contributed by atoms with Crippen molar-refractivity contribution in [2.24, 2.45) is 0 Å². The predicted octanol–water partition coefficient (Wildman–Crippen LogP) is 2.19. The van der Waals surface area contributed by atoms with Gasteiger partial charge in [0.05, 0.1) is 5.69 Å². The molecule has 98 valence electrons. The smallest absolute Gasteiger partial charge is 0.329 e. The molecule has 1 aromatic rings. The minimum Gasteiger partial charge on any atom is -0.341 e. The summed E-state index contributed by atoms with van der Waals surface area (Å²) in [6.45, 7) is 1.93. The Balaban J connectivity index is 2.84. The van der Waals surface area contributed by atoms with Crippen LogP contribution in [0.1, 0.15) is 12.5 Å². The van der Waals surface area contributed by atoms with Crippen LogP contribution in [0.25, 0.3) is 0 Å². The number of nitrogens with one attached hydrogen (secondary N) is 2. The highest BCUT2D eigenvalue weighted by Crippen LogP contribution is 2.17. The molecule has 6 heteroatoms. The Hall–Kier alpha value is -2.11. The first-order chi connectivity index (χ1) is 8.49. The van der Waals surface area contributed by atoms with Crippen molar-refractivity contribution in [3.63, 3.8) is 0 Å². The molecule has 0 bridgehead atoms. The molecule has 0 unspecified atom stereocenters. The van der Waals surface area contributed by atoms with Crippen LogP contribution in [-0.4, -0.2) is 31.1 Å². The van der Waals surface area contributed by atoms with E-state index < -0.39 is 17.9 Å². The fourth-order valence-corrected chi connectivity index (χ4v) is 1.35. The predicted molar refractivity (Wildman–Crippen MR) is 67.0 cm³/mol. The Kier molecular flexibility index (Phi) is 4.65. The topological polar surface area (TPSA) is 61.4 Å². The van der Waals surface area contributed by atoms with E-state index in [2.05, 4.69) is 10.6 Å². The molecule has 0 atom stereocenters. The van der Waals surface area contributed by atoms with Crippen LogP contribution < -0.4 is 10.6 Å². The van der Waals surface area contributed by atoms with Gasteiger partial charge in [0, 0.05) is 14.1 Å². The second kappa shape index (κ2) is 6.00. The maximum atomic E-state index is 13.5. The number of nitrogens with zero attached hydrogens (tertiary/aromatic N) is 1. The standard InChI is InChI=1S/C12H16FN3O2/c1-4-8-5-6-9(13)10(7-8)15-12(18)16(3)11(17)14-2/h5-7H,4H2,1-3H3,(H,14,17)(H,15,18). The van der Waals surface area contributed by atoms with E-state index in [4.69, 9.17) is 0 Å². The lowest BCUT2D eigenvalue weighted by Crippen LogP contribution is -2.41. The Morgan fingerprint density at radius 1 is 1.33 bits per heavy atom. The van der Waals surface area contributed by atoms with Gasteiger partial charge >= 0.3 is 12.1 Å². The Labute approximate surface area is 105 Å². The fraction of sp³-hybridized carbons (Fsp3) is 0.333. The van der Waals surface area contributed by atoms with Crippen LogP contribution in [0, 0.1) is 5.82 Å². The average molecular weight is 253 g/mol. The van der Waals surface area contributed by atoms with Gasteiger partial charge in [-0.15, -0.1) is 0 Å². The highest BCUT2D eigenvalue weighted by atomic mass is 19.1. The van der Waals surface area contributed by atoms with Crippen LogP contribution in [0.5, 0.6) is 0 Å². The largest absolute Gasteiger partial charge is 0.341 e. The third-order valence-corrected chi connectivity index (χ3v) is 2.50. The molecule has 0 aromatic heterocycles. The quantitative estimate of drug-likeness (QED) is 0.848. The van der Waals surface area contributed by atoms with Gasteiger partial charge in [-0.2, -0.15) is 0 Å². The van der Waals surface area contributed by atoms with E-state index in [-0.39, 0.29) is 5.69 Å². The summed E-state index contributed by atoms with van der Waals surface area (Å²) < 4.78 is 13.5. The molecule has 2 N–H and O–H groups in total. The highest BCUT2D eigenvalue weighted by molar-refractivity contribution is 6.00. The van der Waals surface area contributed by atoms with Gasteiger partial charge in [0.1, 0.15) is 5.82 Å². The zero-order valence-electron chi connectivity index (χ0n) is 10.6. The molecule has 0 heterocycles. The fourth-order valence-electron chi connectivity index (χ4n) is 1.35. The molecule has 1 aromatic carbocycles. The number of carbonyl (C=O) groups excluding carboxylic acids is 2. The van der Waals surface area contributed by atoms with Crippen LogP contribution in [-0.2, 0) is 6.42 Å². The summed E-state index contributed by atoms with van der Waals surface area (Å²) in [6.07, 6.45) is 0.731. The van der Waals surface area contributed by atoms with Crippen LogP contribution in [0.15, 0.2) is 18.2 Å². The molecular formula is C12H16FN3O2. The summed E-state index contributed by atoms with van der Waals surface area (Å²) in [5.41, 5.74) is 0.962. The van der Waals surface area contributed by atoms with Crippen molar-refractivity contribution in [2.75, 3.05) is 19.4 Å². The van der Waals surface area contributed by atoms with Crippen molar-refractivity contribution in [3.8, 4) is 0 Å². The van der Waals surface area contributed by atoms with Crippen LogP contribution in [0.2, 0.25) is 0 Å². The SMILES string of the molecule is CCc1ccc(F)c(NC(=O)N(C)C(=O)NC)c1. The van der Waals surface area contributed by atoms with E-state index in [0.29, 0.717) is 0 Å². The van der Waals surface area contributed by atoms with Crippen LogP contribution in [0.4, 0.5) is 19.7 Å². The second-order valence-corrected chi connectivity index (χ2v) is 3.71. The van der Waals surface area contributed by atoms with E-state index in [1.807, 2.05) is 6.92 Å². The number of benzene rings is 1. The van der Waals surface area contributed by atoms with Crippen molar-refractivity contribution in [1.29, 1.82) is 0 Å². The van der Waals surface area contributed by atoms with Crippen molar-refractivity contribution in [1.82, 2.24) is 10.2 Å². The maximum Gasteiger partial charge on any atom is 0.329 e. The van der Waals surface area contributed by atoms with Crippen LogP contribution in [0.3, 0.4) is 0 Å². The Morgan fingerprint density at radius 2 is 2.00 bits per heavy atom. The lowest BCUT2D eigenvalue weighted by molar-refractivity contribution is 0.203. The number of hydrogen-bond donors (Lipinski definition) is 2. The average Bonchev–Trinajstić information content (AvgIpc) is 2.39. The lowest BCUT2D eigenvalue weighted by atomic mass is 10.1. The van der Waals surface area contributed by atoms with Gasteiger partial charge in [0.25, 0.3) is 0 Å². The molecule has 0 radical (unpaired) electrons. The molecule has 1 rings (SSSR count). The summed E-state index contributed by atoms with van der Waals surface area (Å²) in [7, 11) is 2.71. The minimum absolute atomic E-state index is 0.0649. The first kappa shape index (κ1) is 14.0. The summed E-state index contributed by atoms with van der Waals surface area (Å²) in [6, 6.07) is 3.22. The van der Waals surface area contributed by atoms with Crippen molar-refractivity contribution in [3.05, 3.63) is 29.6 Å². The monoisotopic (exact) mass is 253 g/mol. The molecule has 0 saturated carbocycles. The molecule has 0 aliphatic heterocycles. The van der Waals surface area contributed by atoms with Gasteiger partial charge in [0.15, 0.2) is 0 Å². The number of imide groups is 1. The summed E-state index contributed by atoms with van der Waals surface area (Å²) in [5, 5.41) is 4.65. The first-order valence-electron chi connectivity index (χ1n) is 5.54. The van der Waals surface area contributed by atoms with Gasteiger partial charge < -0.3 is 10.6 Å². The molecule has 0 fully saturated rings. The minimum atomic E-state index is -0.693. The molecule has 5 nitrogen and oxygen atoms in total. The van der Waals surface area contributed by atoms with E-state index in [1.54, 1.807) is 12.1 Å². The normalized spacial score (nSPS) is 9.78. The number of halogens is 1. The summed E-state index contributed by atoms with van der Waals surface area (Å²) in [5.74, 6) is -0.536. The van der Waals surface area contributed by atoms with Gasteiger partial charge in [0.2, 0.25) is 0 Å². The van der Waals surface area contributed by atoms with Gasteiger partial charge in [-0.05, 0) is 24.1 Å². The lowest BCUT2D eigenvalue weighted by Gasteiger charge is -2.16. The van der Waals surface area contributed by atoms with Crippen LogP contribution >= 0.6 is 0 Å². The van der Waals surface area contributed by atoms with E-state index >= 15 is 0 Å². The summed E-state index contributed by atoms with van der Waals surface area (Å²) >= 11 is 0. The molecule has 0 aliphatic rings. The third-order valence-electron chi connectivity index (χ3n) is 2.50. The van der Waals surface area contributed by atoms with E-state index in [9.17, 15) is 14.0 Å². The number of hydrogen-bond acceptors (Lipinski definition) is 2. The highest BCUT2D eigenvalue weighted by Gasteiger charge is 2.16.